The van der Waals surface area contributed by atoms with E-state index < -0.39 is 0 Å². The van der Waals surface area contributed by atoms with Crippen LogP contribution in [0, 0.1) is 13.8 Å². The number of benzene rings is 2. The number of hydrogen-bond donors (Lipinski definition) is 1. The van der Waals surface area contributed by atoms with E-state index in [-0.39, 0.29) is 0 Å². The van der Waals surface area contributed by atoms with E-state index in [1.54, 1.807) is 0 Å². The van der Waals surface area contributed by atoms with Crippen molar-refractivity contribution >= 4 is 0 Å². The molecule has 0 unspecified atom stereocenters. The maximum absolute atomic E-state index is 5.85. The number of hydrogen-bond acceptors (Lipinski definition) is 2. The summed E-state index contributed by atoms with van der Waals surface area (Å²) >= 11 is 0. The molecule has 2 N–H and O–H groups in total. The highest BCUT2D eigenvalue weighted by Gasteiger charge is 2.03. The van der Waals surface area contributed by atoms with E-state index in [4.69, 9.17) is 10.5 Å². The second-order valence-corrected chi connectivity index (χ2v) is 4.15. The zero-order chi connectivity index (χ0) is 12.3. The van der Waals surface area contributed by atoms with E-state index in [0.717, 1.165) is 17.1 Å². The Kier molecular flexibility index (Phi) is 3.45. The van der Waals surface area contributed by atoms with Crippen molar-refractivity contribution in [2.24, 2.45) is 5.73 Å². The van der Waals surface area contributed by atoms with Gasteiger partial charge in [-0.15, -0.1) is 0 Å². The molecular formula is C15H17NO. The molecule has 0 radical (unpaired) electrons. The first kappa shape index (κ1) is 11.7. The Labute approximate surface area is 102 Å². The Morgan fingerprint density at radius 2 is 1.71 bits per heavy atom. The molecule has 2 rings (SSSR count). The van der Waals surface area contributed by atoms with Gasteiger partial charge in [0.1, 0.15) is 11.5 Å². The lowest BCUT2D eigenvalue weighted by Crippen LogP contribution is -1.95. The first-order valence-electron chi connectivity index (χ1n) is 5.74. The SMILES string of the molecule is Cc1cccc(Oc2ccc(CN)cc2)c1C. The summed E-state index contributed by atoms with van der Waals surface area (Å²) in [7, 11) is 0. The first-order chi connectivity index (χ1) is 8.20. The zero-order valence-electron chi connectivity index (χ0n) is 10.2. The molecule has 0 aliphatic carbocycles. The van der Waals surface area contributed by atoms with Crippen LogP contribution in [0.25, 0.3) is 0 Å². The summed E-state index contributed by atoms with van der Waals surface area (Å²) in [6.07, 6.45) is 0. The molecule has 0 aliphatic heterocycles. The van der Waals surface area contributed by atoms with Gasteiger partial charge in [-0.05, 0) is 48.7 Å². The maximum Gasteiger partial charge on any atom is 0.130 e. The third kappa shape index (κ3) is 2.66. The summed E-state index contributed by atoms with van der Waals surface area (Å²) in [6, 6.07) is 13.9. The van der Waals surface area contributed by atoms with Gasteiger partial charge in [0.2, 0.25) is 0 Å². The molecule has 2 aromatic carbocycles. The molecule has 0 heterocycles. The molecule has 0 saturated carbocycles. The lowest BCUT2D eigenvalue weighted by molar-refractivity contribution is 0.478. The van der Waals surface area contributed by atoms with Crippen molar-refractivity contribution < 1.29 is 4.74 Å². The Morgan fingerprint density at radius 1 is 1.00 bits per heavy atom. The van der Waals surface area contributed by atoms with Crippen molar-refractivity contribution in [1.82, 2.24) is 0 Å². The van der Waals surface area contributed by atoms with Crippen molar-refractivity contribution in [1.29, 1.82) is 0 Å². The van der Waals surface area contributed by atoms with Gasteiger partial charge in [-0.25, -0.2) is 0 Å². The van der Waals surface area contributed by atoms with E-state index in [1.807, 2.05) is 36.4 Å². The Morgan fingerprint density at radius 3 is 2.35 bits per heavy atom. The summed E-state index contributed by atoms with van der Waals surface area (Å²) in [6.45, 7) is 4.71. The van der Waals surface area contributed by atoms with Crippen molar-refractivity contribution in [3.8, 4) is 11.5 Å². The minimum Gasteiger partial charge on any atom is -0.457 e. The van der Waals surface area contributed by atoms with Gasteiger partial charge in [0.05, 0.1) is 0 Å². The van der Waals surface area contributed by atoms with Gasteiger partial charge in [-0.3, -0.25) is 0 Å². The minimum atomic E-state index is 0.559. The molecule has 0 amide bonds. The van der Waals surface area contributed by atoms with Crippen LogP contribution in [0.5, 0.6) is 11.5 Å². The highest BCUT2D eigenvalue weighted by Crippen LogP contribution is 2.26. The van der Waals surface area contributed by atoms with Gasteiger partial charge >= 0.3 is 0 Å². The average Bonchev–Trinajstić information content (AvgIpc) is 2.36. The van der Waals surface area contributed by atoms with Crippen molar-refractivity contribution in [3.63, 3.8) is 0 Å². The first-order valence-corrected chi connectivity index (χ1v) is 5.74. The summed E-state index contributed by atoms with van der Waals surface area (Å²) < 4.78 is 5.85. The minimum absolute atomic E-state index is 0.559. The quantitative estimate of drug-likeness (QED) is 0.870. The fourth-order valence-corrected chi connectivity index (χ4v) is 1.66. The van der Waals surface area contributed by atoms with E-state index in [1.165, 1.54) is 11.1 Å². The molecule has 88 valence electrons. The predicted molar refractivity (Wildman–Crippen MR) is 70.3 cm³/mol. The Hall–Kier alpha value is -1.80. The number of nitrogens with two attached hydrogens (primary N) is 1. The van der Waals surface area contributed by atoms with Crippen molar-refractivity contribution in [2.75, 3.05) is 0 Å². The summed E-state index contributed by atoms with van der Waals surface area (Å²) in [4.78, 5) is 0. The van der Waals surface area contributed by atoms with Crippen molar-refractivity contribution in [3.05, 3.63) is 59.2 Å². The topological polar surface area (TPSA) is 35.2 Å². The van der Waals surface area contributed by atoms with Gasteiger partial charge in [0.15, 0.2) is 0 Å². The van der Waals surface area contributed by atoms with Gasteiger partial charge in [0, 0.05) is 6.54 Å². The Balaban J connectivity index is 2.22. The van der Waals surface area contributed by atoms with Crippen LogP contribution in [-0.4, -0.2) is 0 Å². The normalized spacial score (nSPS) is 10.3. The average molecular weight is 227 g/mol. The zero-order valence-corrected chi connectivity index (χ0v) is 10.2. The van der Waals surface area contributed by atoms with Crippen LogP contribution in [-0.2, 0) is 6.54 Å². The lowest BCUT2D eigenvalue weighted by atomic mass is 10.1. The molecule has 17 heavy (non-hydrogen) atoms. The lowest BCUT2D eigenvalue weighted by Gasteiger charge is -2.10. The van der Waals surface area contributed by atoms with Crippen LogP contribution in [0.3, 0.4) is 0 Å². The predicted octanol–water partition coefficient (Wildman–Crippen LogP) is 3.55. The second-order valence-electron chi connectivity index (χ2n) is 4.15. The van der Waals surface area contributed by atoms with Gasteiger partial charge < -0.3 is 10.5 Å². The molecule has 2 aromatic rings. The third-order valence-corrected chi connectivity index (χ3v) is 2.94. The van der Waals surface area contributed by atoms with E-state index in [9.17, 15) is 0 Å². The van der Waals surface area contributed by atoms with Crippen LogP contribution in [0.1, 0.15) is 16.7 Å². The molecule has 0 spiro atoms. The smallest absolute Gasteiger partial charge is 0.130 e. The molecule has 0 bridgehead atoms. The van der Waals surface area contributed by atoms with Crippen LogP contribution in [0.2, 0.25) is 0 Å². The fourth-order valence-electron chi connectivity index (χ4n) is 1.66. The molecule has 2 heteroatoms. The van der Waals surface area contributed by atoms with Gasteiger partial charge in [-0.2, -0.15) is 0 Å². The largest absolute Gasteiger partial charge is 0.457 e. The summed E-state index contributed by atoms with van der Waals surface area (Å²) in [5.41, 5.74) is 9.08. The van der Waals surface area contributed by atoms with Crippen molar-refractivity contribution in [2.45, 2.75) is 20.4 Å². The van der Waals surface area contributed by atoms with Gasteiger partial charge in [-0.1, -0.05) is 24.3 Å². The molecule has 0 atom stereocenters. The molecule has 0 aromatic heterocycles. The summed E-state index contributed by atoms with van der Waals surface area (Å²) in [5.74, 6) is 1.75. The van der Waals surface area contributed by atoms with Crippen LogP contribution in [0.4, 0.5) is 0 Å². The molecular weight excluding hydrogens is 210 g/mol. The van der Waals surface area contributed by atoms with Gasteiger partial charge in [0.25, 0.3) is 0 Å². The van der Waals surface area contributed by atoms with Crippen LogP contribution in [0.15, 0.2) is 42.5 Å². The third-order valence-electron chi connectivity index (χ3n) is 2.94. The standard InChI is InChI=1S/C15H17NO/c1-11-4-3-5-15(12(11)2)17-14-8-6-13(10-16)7-9-14/h3-9H,10,16H2,1-2H3. The summed E-state index contributed by atoms with van der Waals surface area (Å²) in [5, 5.41) is 0. The van der Waals surface area contributed by atoms with E-state index >= 15 is 0 Å². The molecule has 0 aliphatic rings. The number of aryl methyl sites for hydroxylation is 1. The number of rotatable bonds is 3. The molecule has 2 nitrogen and oxygen atoms in total. The molecule has 0 fully saturated rings. The second kappa shape index (κ2) is 5.02. The van der Waals surface area contributed by atoms with Crippen LogP contribution >= 0.6 is 0 Å². The Bertz CT molecular complexity index is 503. The highest BCUT2D eigenvalue weighted by molar-refractivity contribution is 5.41. The monoisotopic (exact) mass is 227 g/mol. The highest BCUT2D eigenvalue weighted by atomic mass is 16.5. The maximum atomic E-state index is 5.85. The molecule has 0 saturated heterocycles. The van der Waals surface area contributed by atoms with Crippen LogP contribution < -0.4 is 10.5 Å². The van der Waals surface area contributed by atoms with E-state index in [0.29, 0.717) is 6.54 Å². The fraction of sp³-hybridized carbons (Fsp3) is 0.200. The van der Waals surface area contributed by atoms with E-state index in [2.05, 4.69) is 19.9 Å². The number of ether oxygens (including phenoxy) is 1.